The fraction of sp³-hybridized carbons (Fsp3) is 0.389. The Morgan fingerprint density at radius 2 is 2.05 bits per heavy atom. The molecule has 1 atom stereocenters. The van der Waals surface area contributed by atoms with Gasteiger partial charge in [-0.3, -0.25) is 4.79 Å². The summed E-state index contributed by atoms with van der Waals surface area (Å²) in [5, 5.41) is 5.14. The largest absolute Gasteiger partial charge is 0.348 e. The lowest BCUT2D eigenvalue weighted by atomic mass is 9.77. The van der Waals surface area contributed by atoms with Crippen molar-refractivity contribution in [2.75, 3.05) is 0 Å². The van der Waals surface area contributed by atoms with Crippen LogP contribution >= 0.6 is 11.3 Å². The fourth-order valence-electron chi connectivity index (χ4n) is 3.36. The van der Waals surface area contributed by atoms with E-state index in [0.717, 1.165) is 36.1 Å². The number of halogens is 1. The lowest BCUT2D eigenvalue weighted by Gasteiger charge is -2.30. The minimum absolute atomic E-state index is 0.0152. The number of carbonyl (C=O) groups is 1. The van der Waals surface area contributed by atoms with Crippen LogP contribution in [0.15, 0.2) is 41.8 Å². The van der Waals surface area contributed by atoms with Gasteiger partial charge in [-0.25, -0.2) is 4.39 Å². The number of nitrogens with one attached hydrogen (secondary N) is 1. The first-order chi connectivity index (χ1) is 10.6. The number of rotatable bonds is 4. The van der Waals surface area contributed by atoms with Crippen molar-refractivity contribution < 1.29 is 9.18 Å². The van der Waals surface area contributed by atoms with E-state index >= 15 is 0 Å². The quantitative estimate of drug-likeness (QED) is 0.879. The Balaban J connectivity index is 1.86. The smallest absolute Gasteiger partial charge is 0.231 e. The van der Waals surface area contributed by atoms with Crippen LogP contribution in [0, 0.1) is 5.82 Å². The van der Waals surface area contributed by atoms with E-state index in [-0.39, 0.29) is 17.8 Å². The average Bonchev–Trinajstić information content (AvgIpc) is 3.19. The summed E-state index contributed by atoms with van der Waals surface area (Å²) in [5.74, 6) is -0.251. The highest BCUT2D eigenvalue weighted by molar-refractivity contribution is 7.10. The van der Waals surface area contributed by atoms with E-state index in [4.69, 9.17) is 0 Å². The Labute approximate surface area is 134 Å². The minimum Gasteiger partial charge on any atom is -0.348 e. The summed E-state index contributed by atoms with van der Waals surface area (Å²) >= 11 is 1.64. The molecule has 22 heavy (non-hydrogen) atoms. The molecular weight excluding hydrogens is 297 g/mol. The third-order valence-electron chi connectivity index (χ3n) is 4.59. The monoisotopic (exact) mass is 317 g/mol. The zero-order valence-corrected chi connectivity index (χ0v) is 13.5. The first-order valence-corrected chi connectivity index (χ1v) is 8.60. The molecule has 0 spiro atoms. The highest BCUT2D eigenvalue weighted by Gasteiger charge is 2.43. The molecule has 0 aliphatic heterocycles. The number of carbonyl (C=O) groups excluding carboxylic acids is 1. The molecule has 1 aromatic carbocycles. The van der Waals surface area contributed by atoms with Crippen molar-refractivity contribution in [3.05, 3.63) is 58.0 Å². The first-order valence-electron chi connectivity index (χ1n) is 7.72. The van der Waals surface area contributed by atoms with Crippen LogP contribution in [-0.4, -0.2) is 5.91 Å². The van der Waals surface area contributed by atoms with Gasteiger partial charge in [0.15, 0.2) is 0 Å². The first kappa shape index (κ1) is 15.2. The molecule has 2 nitrogen and oxygen atoms in total. The van der Waals surface area contributed by atoms with Crippen molar-refractivity contribution in [1.82, 2.24) is 5.32 Å². The van der Waals surface area contributed by atoms with Gasteiger partial charge < -0.3 is 5.32 Å². The standard InChI is InChI=1S/C18H20FNOS/c1-13(16-8-5-11-22-16)20-17(21)18(9-2-3-10-18)14-6-4-7-15(19)12-14/h4-8,11-13H,2-3,9-10H2,1H3,(H,20,21). The summed E-state index contributed by atoms with van der Waals surface area (Å²) < 4.78 is 13.6. The van der Waals surface area contributed by atoms with Gasteiger partial charge in [0.2, 0.25) is 5.91 Å². The van der Waals surface area contributed by atoms with Crippen molar-refractivity contribution in [2.45, 2.75) is 44.1 Å². The molecule has 1 fully saturated rings. The second-order valence-electron chi connectivity index (χ2n) is 6.01. The Hall–Kier alpha value is -1.68. The van der Waals surface area contributed by atoms with Crippen molar-refractivity contribution >= 4 is 17.2 Å². The van der Waals surface area contributed by atoms with Gasteiger partial charge in [0.25, 0.3) is 0 Å². The molecule has 0 saturated heterocycles. The molecule has 1 aliphatic carbocycles. The van der Waals surface area contributed by atoms with Crippen LogP contribution < -0.4 is 5.32 Å². The van der Waals surface area contributed by atoms with Crippen LogP contribution in [0.1, 0.15) is 49.1 Å². The van der Waals surface area contributed by atoms with E-state index in [9.17, 15) is 9.18 Å². The van der Waals surface area contributed by atoms with E-state index in [2.05, 4.69) is 5.32 Å². The summed E-state index contributed by atoms with van der Waals surface area (Å²) in [5.41, 5.74) is 0.231. The van der Waals surface area contributed by atoms with Gasteiger partial charge in [-0.05, 0) is 48.9 Å². The van der Waals surface area contributed by atoms with Crippen LogP contribution in [0.3, 0.4) is 0 Å². The van der Waals surface area contributed by atoms with Gasteiger partial charge in [0, 0.05) is 4.88 Å². The second-order valence-corrected chi connectivity index (χ2v) is 6.99. The molecule has 3 rings (SSSR count). The molecule has 1 aromatic heterocycles. The SMILES string of the molecule is CC(NC(=O)C1(c2cccc(F)c2)CCCC1)c1cccs1. The second kappa shape index (κ2) is 6.21. The Morgan fingerprint density at radius 1 is 1.27 bits per heavy atom. The van der Waals surface area contributed by atoms with Crippen LogP contribution in [0.5, 0.6) is 0 Å². The molecular formula is C18H20FNOS. The number of thiophene rings is 1. The zero-order valence-electron chi connectivity index (χ0n) is 12.6. The van der Waals surface area contributed by atoms with Crippen molar-refractivity contribution in [1.29, 1.82) is 0 Å². The van der Waals surface area contributed by atoms with Crippen LogP contribution in [-0.2, 0) is 10.2 Å². The van der Waals surface area contributed by atoms with Gasteiger partial charge in [-0.15, -0.1) is 11.3 Å². The fourth-order valence-corrected chi connectivity index (χ4v) is 4.09. The van der Waals surface area contributed by atoms with Crippen molar-refractivity contribution in [2.24, 2.45) is 0 Å². The van der Waals surface area contributed by atoms with Crippen LogP contribution in [0.25, 0.3) is 0 Å². The molecule has 2 aromatic rings. The normalized spacial score (nSPS) is 18.1. The van der Waals surface area contributed by atoms with E-state index in [0.29, 0.717) is 0 Å². The van der Waals surface area contributed by atoms with E-state index in [1.165, 1.54) is 12.1 Å². The molecule has 116 valence electrons. The topological polar surface area (TPSA) is 29.1 Å². The maximum absolute atomic E-state index is 13.6. The third-order valence-corrected chi connectivity index (χ3v) is 5.64. The summed E-state index contributed by atoms with van der Waals surface area (Å²) in [7, 11) is 0. The maximum atomic E-state index is 13.6. The molecule has 1 amide bonds. The maximum Gasteiger partial charge on any atom is 0.231 e. The summed E-state index contributed by atoms with van der Waals surface area (Å²) in [6.07, 6.45) is 3.60. The molecule has 0 radical (unpaired) electrons. The van der Waals surface area contributed by atoms with Crippen molar-refractivity contribution in [3.63, 3.8) is 0 Å². The average molecular weight is 317 g/mol. The molecule has 1 N–H and O–H groups in total. The molecule has 1 aliphatic rings. The van der Waals surface area contributed by atoms with E-state index < -0.39 is 5.41 Å². The van der Waals surface area contributed by atoms with Crippen LogP contribution in [0.2, 0.25) is 0 Å². The summed E-state index contributed by atoms with van der Waals surface area (Å²) in [6, 6.07) is 10.5. The Kier molecular flexibility index (Phi) is 4.30. The van der Waals surface area contributed by atoms with E-state index in [1.54, 1.807) is 17.4 Å². The summed E-state index contributed by atoms with van der Waals surface area (Å²) in [4.78, 5) is 14.1. The Morgan fingerprint density at radius 3 is 2.68 bits per heavy atom. The molecule has 1 heterocycles. The number of benzene rings is 1. The highest BCUT2D eigenvalue weighted by Crippen LogP contribution is 2.42. The lowest BCUT2D eigenvalue weighted by molar-refractivity contribution is -0.127. The molecule has 0 bridgehead atoms. The third kappa shape index (κ3) is 2.80. The van der Waals surface area contributed by atoms with E-state index in [1.807, 2.05) is 30.5 Å². The van der Waals surface area contributed by atoms with Crippen LogP contribution in [0.4, 0.5) is 4.39 Å². The summed E-state index contributed by atoms with van der Waals surface area (Å²) in [6.45, 7) is 2.00. The molecule has 1 unspecified atom stereocenters. The number of hydrogen-bond donors (Lipinski definition) is 1. The van der Waals surface area contributed by atoms with Crippen molar-refractivity contribution in [3.8, 4) is 0 Å². The zero-order chi connectivity index (χ0) is 15.6. The van der Waals surface area contributed by atoms with Gasteiger partial charge in [0.05, 0.1) is 11.5 Å². The predicted molar refractivity (Wildman–Crippen MR) is 87.4 cm³/mol. The van der Waals surface area contributed by atoms with Gasteiger partial charge in [0.1, 0.15) is 5.82 Å². The molecule has 1 saturated carbocycles. The minimum atomic E-state index is -0.576. The Bertz CT molecular complexity index is 647. The van der Waals surface area contributed by atoms with Gasteiger partial charge in [-0.1, -0.05) is 31.0 Å². The molecule has 4 heteroatoms. The van der Waals surface area contributed by atoms with Gasteiger partial charge >= 0.3 is 0 Å². The highest BCUT2D eigenvalue weighted by atomic mass is 32.1. The number of hydrogen-bond acceptors (Lipinski definition) is 2. The number of amides is 1. The predicted octanol–water partition coefficient (Wildman–Crippen LogP) is 4.58. The van der Waals surface area contributed by atoms with Gasteiger partial charge in [-0.2, -0.15) is 0 Å². The lowest BCUT2D eigenvalue weighted by Crippen LogP contribution is -2.43.